The van der Waals surface area contributed by atoms with Crippen molar-refractivity contribution in [1.82, 2.24) is 14.9 Å². The number of hydrogen-bond donors (Lipinski definition) is 1. The Balaban J connectivity index is 1.48. The van der Waals surface area contributed by atoms with E-state index in [2.05, 4.69) is 27.2 Å². The molecule has 2 aromatic rings. The Morgan fingerprint density at radius 2 is 1.79 bits per heavy atom. The third-order valence-corrected chi connectivity index (χ3v) is 5.50. The number of benzene rings is 1. The summed E-state index contributed by atoms with van der Waals surface area (Å²) in [6, 6.07) is 12.0. The van der Waals surface area contributed by atoms with E-state index in [0.29, 0.717) is 6.04 Å². The van der Waals surface area contributed by atoms with E-state index in [1.165, 1.54) is 25.7 Å². The van der Waals surface area contributed by atoms with Crippen molar-refractivity contribution in [3.05, 3.63) is 36.7 Å². The van der Waals surface area contributed by atoms with Crippen molar-refractivity contribution in [3.63, 3.8) is 0 Å². The molecule has 2 bridgehead atoms. The Morgan fingerprint density at radius 3 is 2.46 bits per heavy atom. The molecule has 0 amide bonds. The molecule has 0 spiro atoms. The van der Waals surface area contributed by atoms with Crippen LogP contribution < -0.4 is 10.1 Å². The van der Waals surface area contributed by atoms with Crippen LogP contribution in [0.5, 0.6) is 5.75 Å². The minimum atomic E-state index is 0.511. The minimum Gasteiger partial charge on any atom is -0.497 e. The molecule has 0 aliphatic carbocycles. The van der Waals surface area contributed by atoms with Crippen molar-refractivity contribution in [3.8, 4) is 17.0 Å². The molecule has 2 atom stereocenters. The maximum Gasteiger partial charge on any atom is 0.130 e. The van der Waals surface area contributed by atoms with Crippen molar-refractivity contribution in [2.75, 3.05) is 19.5 Å². The second kappa shape index (κ2) is 6.40. The van der Waals surface area contributed by atoms with Gasteiger partial charge in [0.1, 0.15) is 17.9 Å². The highest BCUT2D eigenvalue weighted by atomic mass is 16.5. The standard InChI is InChI=1S/C19H24N4O/c1-23-15-5-6-16(23)10-14(9-15)22-19-11-18(20-12-21-19)13-3-7-17(24-2)8-4-13/h3-4,7-8,11-12,14-16H,5-6,9-10H2,1-2H3,(H,20,21,22). The molecule has 126 valence electrons. The fraction of sp³-hybridized carbons (Fsp3) is 0.474. The highest BCUT2D eigenvalue weighted by Gasteiger charge is 2.38. The summed E-state index contributed by atoms with van der Waals surface area (Å²) in [6.07, 6.45) is 6.72. The van der Waals surface area contributed by atoms with Crippen LogP contribution in [0.25, 0.3) is 11.3 Å². The van der Waals surface area contributed by atoms with Gasteiger partial charge in [0, 0.05) is 29.8 Å². The first-order valence-electron chi connectivity index (χ1n) is 8.68. The Labute approximate surface area is 143 Å². The molecule has 24 heavy (non-hydrogen) atoms. The van der Waals surface area contributed by atoms with E-state index in [0.717, 1.165) is 34.9 Å². The van der Waals surface area contributed by atoms with Crippen LogP contribution >= 0.6 is 0 Å². The summed E-state index contributed by atoms with van der Waals surface area (Å²) in [5, 5.41) is 3.63. The van der Waals surface area contributed by atoms with Crippen molar-refractivity contribution in [1.29, 1.82) is 0 Å². The number of ether oxygens (including phenoxy) is 1. The number of piperidine rings is 1. The number of anilines is 1. The molecule has 3 heterocycles. The van der Waals surface area contributed by atoms with Crippen LogP contribution in [-0.4, -0.2) is 47.2 Å². The van der Waals surface area contributed by atoms with Crippen LogP contribution in [0.15, 0.2) is 36.7 Å². The Hall–Kier alpha value is -2.14. The summed E-state index contributed by atoms with van der Waals surface area (Å²) in [5.74, 6) is 1.78. The van der Waals surface area contributed by atoms with Crippen LogP contribution in [0.1, 0.15) is 25.7 Å². The molecule has 2 unspecified atom stereocenters. The molecule has 5 heteroatoms. The summed E-state index contributed by atoms with van der Waals surface area (Å²) >= 11 is 0. The van der Waals surface area contributed by atoms with E-state index < -0.39 is 0 Å². The van der Waals surface area contributed by atoms with Gasteiger partial charge in [-0.3, -0.25) is 0 Å². The van der Waals surface area contributed by atoms with Crippen LogP contribution in [0.2, 0.25) is 0 Å². The Bertz CT molecular complexity index is 689. The molecule has 1 aromatic heterocycles. The zero-order chi connectivity index (χ0) is 16.5. The summed E-state index contributed by atoms with van der Waals surface area (Å²) in [4.78, 5) is 11.4. The van der Waals surface area contributed by atoms with E-state index in [4.69, 9.17) is 4.74 Å². The molecule has 1 N–H and O–H groups in total. The maximum atomic E-state index is 5.21. The second-order valence-corrected chi connectivity index (χ2v) is 6.88. The topological polar surface area (TPSA) is 50.3 Å². The molecular formula is C19H24N4O. The van der Waals surface area contributed by atoms with Gasteiger partial charge in [-0.05, 0) is 57.0 Å². The Kier molecular flexibility index (Phi) is 4.10. The van der Waals surface area contributed by atoms with Crippen LogP contribution in [0.4, 0.5) is 5.82 Å². The highest BCUT2D eigenvalue weighted by molar-refractivity contribution is 5.63. The number of aromatic nitrogens is 2. The van der Waals surface area contributed by atoms with Gasteiger partial charge < -0.3 is 15.0 Å². The van der Waals surface area contributed by atoms with E-state index in [1.807, 2.05) is 30.3 Å². The quantitative estimate of drug-likeness (QED) is 0.936. The lowest BCUT2D eigenvalue weighted by Crippen LogP contribution is -2.44. The Morgan fingerprint density at radius 1 is 1.08 bits per heavy atom. The van der Waals surface area contributed by atoms with Gasteiger partial charge in [0.05, 0.1) is 12.8 Å². The maximum absolute atomic E-state index is 5.21. The van der Waals surface area contributed by atoms with E-state index >= 15 is 0 Å². The van der Waals surface area contributed by atoms with Crippen LogP contribution in [0, 0.1) is 0 Å². The number of methoxy groups -OCH3 is 1. The van der Waals surface area contributed by atoms with Crippen molar-refractivity contribution in [2.24, 2.45) is 0 Å². The summed E-state index contributed by atoms with van der Waals surface area (Å²) in [7, 11) is 3.95. The zero-order valence-corrected chi connectivity index (χ0v) is 14.3. The fourth-order valence-corrected chi connectivity index (χ4v) is 4.09. The smallest absolute Gasteiger partial charge is 0.130 e. The number of nitrogens with one attached hydrogen (secondary N) is 1. The van der Waals surface area contributed by atoms with Crippen LogP contribution in [-0.2, 0) is 0 Å². The average Bonchev–Trinajstić information content (AvgIpc) is 2.83. The van der Waals surface area contributed by atoms with Gasteiger partial charge in [-0.15, -0.1) is 0 Å². The molecule has 1 aromatic carbocycles. The third kappa shape index (κ3) is 2.96. The predicted molar refractivity (Wildman–Crippen MR) is 95.2 cm³/mol. The predicted octanol–water partition coefficient (Wildman–Crippen LogP) is 3.19. The van der Waals surface area contributed by atoms with E-state index in [-0.39, 0.29) is 0 Å². The summed E-state index contributed by atoms with van der Waals surface area (Å²) < 4.78 is 5.21. The molecule has 2 saturated heterocycles. The molecule has 0 radical (unpaired) electrons. The molecule has 2 aliphatic rings. The molecule has 0 saturated carbocycles. The van der Waals surface area contributed by atoms with Crippen molar-refractivity contribution >= 4 is 5.82 Å². The fourth-order valence-electron chi connectivity index (χ4n) is 4.09. The van der Waals surface area contributed by atoms with Crippen molar-refractivity contribution < 1.29 is 4.74 Å². The van der Waals surface area contributed by atoms with Gasteiger partial charge in [-0.25, -0.2) is 9.97 Å². The number of fused-ring (bicyclic) bond motifs is 2. The van der Waals surface area contributed by atoms with Gasteiger partial charge in [0.25, 0.3) is 0 Å². The third-order valence-electron chi connectivity index (χ3n) is 5.50. The average molecular weight is 324 g/mol. The zero-order valence-electron chi connectivity index (χ0n) is 14.3. The van der Waals surface area contributed by atoms with E-state index in [1.54, 1.807) is 13.4 Å². The van der Waals surface area contributed by atoms with Gasteiger partial charge in [0.2, 0.25) is 0 Å². The molecule has 2 fully saturated rings. The molecular weight excluding hydrogens is 300 g/mol. The number of nitrogens with zero attached hydrogens (tertiary/aromatic N) is 3. The first-order valence-corrected chi connectivity index (χ1v) is 8.68. The minimum absolute atomic E-state index is 0.511. The largest absolute Gasteiger partial charge is 0.497 e. The van der Waals surface area contributed by atoms with Gasteiger partial charge in [-0.1, -0.05) is 0 Å². The van der Waals surface area contributed by atoms with E-state index in [9.17, 15) is 0 Å². The second-order valence-electron chi connectivity index (χ2n) is 6.88. The first-order chi connectivity index (χ1) is 11.7. The van der Waals surface area contributed by atoms with Crippen molar-refractivity contribution in [2.45, 2.75) is 43.8 Å². The van der Waals surface area contributed by atoms with Crippen LogP contribution in [0.3, 0.4) is 0 Å². The lowest BCUT2D eigenvalue weighted by molar-refractivity contribution is 0.169. The highest BCUT2D eigenvalue weighted by Crippen LogP contribution is 2.35. The van der Waals surface area contributed by atoms with Gasteiger partial charge in [0.15, 0.2) is 0 Å². The monoisotopic (exact) mass is 324 g/mol. The SMILES string of the molecule is COc1ccc(-c2cc(NC3CC4CCC(C3)N4C)ncn2)cc1. The van der Waals surface area contributed by atoms with Gasteiger partial charge >= 0.3 is 0 Å². The molecule has 5 nitrogen and oxygen atoms in total. The normalized spacial score (nSPS) is 26.3. The lowest BCUT2D eigenvalue weighted by Gasteiger charge is -2.36. The number of rotatable bonds is 4. The summed E-state index contributed by atoms with van der Waals surface area (Å²) in [6.45, 7) is 0. The number of hydrogen-bond acceptors (Lipinski definition) is 5. The first kappa shape index (κ1) is 15.4. The van der Waals surface area contributed by atoms with Gasteiger partial charge in [-0.2, -0.15) is 0 Å². The molecule has 2 aliphatic heterocycles. The lowest BCUT2D eigenvalue weighted by atomic mass is 9.98. The molecule has 4 rings (SSSR count). The summed E-state index contributed by atoms with van der Waals surface area (Å²) in [5.41, 5.74) is 2.01.